The minimum absolute atomic E-state index is 0.0745. The molecule has 0 aliphatic heterocycles. The molecule has 0 bridgehead atoms. The van der Waals surface area contributed by atoms with E-state index < -0.39 is 23.9 Å². The van der Waals surface area contributed by atoms with Crippen molar-refractivity contribution in [3.8, 4) is 11.3 Å². The second-order valence-corrected chi connectivity index (χ2v) is 11.1. The van der Waals surface area contributed by atoms with Crippen molar-refractivity contribution >= 4 is 52.2 Å². The van der Waals surface area contributed by atoms with Crippen LogP contribution >= 0.6 is 11.6 Å². The quantitative estimate of drug-likeness (QED) is 0.287. The Morgan fingerprint density at radius 3 is 2.39 bits per heavy atom. The first-order chi connectivity index (χ1) is 19.2. The Morgan fingerprint density at radius 1 is 1.10 bits per heavy atom. The van der Waals surface area contributed by atoms with E-state index in [1.807, 2.05) is 27.7 Å². The van der Waals surface area contributed by atoms with Gasteiger partial charge in [-0.2, -0.15) is 5.10 Å². The van der Waals surface area contributed by atoms with Crippen molar-refractivity contribution in [1.29, 1.82) is 0 Å². The highest BCUT2D eigenvalue weighted by molar-refractivity contribution is 6.30. The highest BCUT2D eigenvalue weighted by atomic mass is 35.5. The maximum atomic E-state index is 13.2. The van der Waals surface area contributed by atoms with E-state index in [9.17, 15) is 19.5 Å². The molecule has 0 aliphatic carbocycles. The second kappa shape index (κ2) is 11.5. The van der Waals surface area contributed by atoms with Gasteiger partial charge >= 0.3 is 6.09 Å². The predicted molar refractivity (Wildman–Crippen MR) is 154 cm³/mol. The summed E-state index contributed by atoms with van der Waals surface area (Å²) in [6.45, 7) is 9.11. The van der Waals surface area contributed by atoms with Crippen LogP contribution < -0.4 is 10.6 Å². The first-order valence-corrected chi connectivity index (χ1v) is 13.0. The summed E-state index contributed by atoms with van der Waals surface area (Å²) >= 11 is 5.89. The lowest BCUT2D eigenvalue weighted by Gasteiger charge is -2.31. The number of carbonyl (C=O) groups is 3. The number of fused-ring (bicyclic) bond motifs is 1. The smallest absolute Gasteiger partial charge is 0.407 e. The van der Waals surface area contributed by atoms with Crippen molar-refractivity contribution in [2.45, 2.75) is 40.7 Å². The van der Waals surface area contributed by atoms with Crippen LogP contribution in [0.15, 0.2) is 36.8 Å². The minimum Gasteiger partial charge on any atom is -0.465 e. The number of pyridine rings is 2. The van der Waals surface area contributed by atoms with Crippen LogP contribution in [0.25, 0.3) is 22.3 Å². The molecule has 0 fully saturated rings. The number of anilines is 2. The van der Waals surface area contributed by atoms with Gasteiger partial charge in [0, 0.05) is 25.4 Å². The molecular weight excluding hydrogens is 550 g/mol. The fourth-order valence-electron chi connectivity index (χ4n) is 4.22. The molecule has 1 atom stereocenters. The SMILES string of the molecule is Cc1nn(C)c2c(-c3cc(NC(=O)c4ccc(Cl)cn4)nc(NC(=O)C(C)N(CC(C)(C)C)C(=O)O)c3)ncnc12. The van der Waals surface area contributed by atoms with E-state index in [0.29, 0.717) is 33.0 Å². The lowest BCUT2D eigenvalue weighted by Crippen LogP contribution is -2.48. The molecule has 3 amide bonds. The molecule has 0 spiro atoms. The molecule has 4 aromatic rings. The van der Waals surface area contributed by atoms with Gasteiger partial charge in [0.1, 0.15) is 40.7 Å². The number of nitrogens with zero attached hydrogens (tertiary/aromatic N) is 7. The third-order valence-electron chi connectivity index (χ3n) is 6.08. The molecule has 0 radical (unpaired) electrons. The van der Waals surface area contributed by atoms with Crippen molar-refractivity contribution in [1.82, 2.24) is 34.6 Å². The maximum Gasteiger partial charge on any atom is 0.407 e. The van der Waals surface area contributed by atoms with Crippen molar-refractivity contribution in [2.24, 2.45) is 12.5 Å². The second-order valence-electron chi connectivity index (χ2n) is 10.7. The van der Waals surface area contributed by atoms with Gasteiger partial charge in [-0.1, -0.05) is 32.4 Å². The highest BCUT2D eigenvalue weighted by Gasteiger charge is 2.30. The van der Waals surface area contributed by atoms with Crippen molar-refractivity contribution in [3.05, 3.63) is 53.2 Å². The molecule has 13 nitrogen and oxygen atoms in total. The van der Waals surface area contributed by atoms with E-state index in [4.69, 9.17) is 11.6 Å². The number of hydrogen-bond acceptors (Lipinski definition) is 8. The lowest BCUT2D eigenvalue weighted by atomic mass is 9.95. The summed E-state index contributed by atoms with van der Waals surface area (Å²) in [5.74, 6) is -0.973. The fourth-order valence-corrected chi connectivity index (χ4v) is 4.33. The van der Waals surface area contributed by atoms with E-state index in [-0.39, 0.29) is 29.3 Å². The highest BCUT2D eigenvalue weighted by Crippen LogP contribution is 2.30. The molecule has 0 saturated carbocycles. The average molecular weight is 580 g/mol. The van der Waals surface area contributed by atoms with Gasteiger partial charge in [0.25, 0.3) is 5.91 Å². The zero-order chi connectivity index (χ0) is 30.1. The zero-order valence-corrected chi connectivity index (χ0v) is 24.2. The van der Waals surface area contributed by atoms with Crippen LogP contribution in [0.1, 0.15) is 43.9 Å². The lowest BCUT2D eigenvalue weighted by molar-refractivity contribution is -0.120. The molecule has 0 saturated heterocycles. The molecule has 41 heavy (non-hydrogen) atoms. The summed E-state index contributed by atoms with van der Waals surface area (Å²) in [5.41, 5.74) is 2.71. The summed E-state index contributed by atoms with van der Waals surface area (Å²) < 4.78 is 1.65. The molecular formula is C27H30ClN9O4. The number of carboxylic acid groups (broad SMARTS) is 1. The Kier molecular flexibility index (Phi) is 8.19. The first-order valence-electron chi connectivity index (χ1n) is 12.6. The number of carbonyl (C=O) groups excluding carboxylic acids is 2. The van der Waals surface area contributed by atoms with Crippen LogP contribution in [-0.2, 0) is 11.8 Å². The maximum absolute atomic E-state index is 13.2. The van der Waals surface area contributed by atoms with Crippen molar-refractivity contribution < 1.29 is 19.5 Å². The van der Waals surface area contributed by atoms with Gasteiger partial charge in [0.05, 0.1) is 16.4 Å². The van der Waals surface area contributed by atoms with Crippen molar-refractivity contribution in [2.75, 3.05) is 17.2 Å². The molecule has 0 aliphatic rings. The number of aryl methyl sites for hydroxylation is 2. The van der Waals surface area contributed by atoms with E-state index in [0.717, 1.165) is 4.90 Å². The number of aromatic nitrogens is 6. The summed E-state index contributed by atoms with van der Waals surface area (Å²) in [5, 5.41) is 20.0. The Hall–Kier alpha value is -4.65. The number of nitrogens with one attached hydrogen (secondary N) is 2. The van der Waals surface area contributed by atoms with Gasteiger partial charge in [-0.25, -0.2) is 24.7 Å². The normalized spacial score (nSPS) is 12.2. The molecule has 4 aromatic heterocycles. The third kappa shape index (κ3) is 6.74. The number of rotatable bonds is 7. The standard InChI is InChI=1S/C27H30ClN9O4/c1-14-21-23(36(6)35-14)22(31-13-30-21)16-9-19(33-24(38)15(2)37(26(40)41)12-27(3,4)5)32-20(10-16)34-25(39)18-8-7-17(28)11-29-18/h7-11,13,15H,12H2,1-6H3,(H,40,41)(H2,32,33,34,38,39). The summed E-state index contributed by atoms with van der Waals surface area (Å²) in [6.07, 6.45) is 1.53. The fraction of sp³-hybridized carbons (Fsp3) is 0.333. The molecule has 4 rings (SSSR count). The van der Waals surface area contributed by atoms with E-state index in [2.05, 4.69) is 35.7 Å². The Bertz CT molecular complexity index is 1630. The van der Waals surface area contributed by atoms with E-state index in [1.165, 1.54) is 31.6 Å². The number of halogens is 1. The predicted octanol–water partition coefficient (Wildman–Crippen LogP) is 4.39. The van der Waals surface area contributed by atoms with Gasteiger partial charge in [0.2, 0.25) is 5.91 Å². The summed E-state index contributed by atoms with van der Waals surface area (Å²) in [4.78, 5) is 56.4. The van der Waals surface area contributed by atoms with Gasteiger partial charge in [-0.05, 0) is 43.5 Å². The molecule has 0 aromatic carbocycles. The average Bonchev–Trinajstić information content (AvgIpc) is 3.19. The topological polar surface area (TPSA) is 168 Å². The monoisotopic (exact) mass is 579 g/mol. The molecule has 14 heteroatoms. The Balaban J connectivity index is 1.74. The van der Waals surface area contributed by atoms with Crippen LogP contribution in [0.5, 0.6) is 0 Å². The van der Waals surface area contributed by atoms with Gasteiger partial charge in [0.15, 0.2) is 0 Å². The first kappa shape index (κ1) is 29.3. The molecule has 1 unspecified atom stereocenters. The van der Waals surface area contributed by atoms with Crippen LogP contribution in [0.3, 0.4) is 0 Å². The van der Waals surface area contributed by atoms with Gasteiger partial charge in [-0.3, -0.25) is 19.2 Å². The van der Waals surface area contributed by atoms with E-state index in [1.54, 1.807) is 23.9 Å². The largest absolute Gasteiger partial charge is 0.465 e. The number of amides is 3. The van der Waals surface area contributed by atoms with Crippen LogP contribution in [0, 0.1) is 12.3 Å². The summed E-state index contributed by atoms with van der Waals surface area (Å²) in [7, 11) is 1.76. The molecule has 214 valence electrons. The van der Waals surface area contributed by atoms with Crippen LogP contribution in [-0.4, -0.2) is 70.2 Å². The van der Waals surface area contributed by atoms with Crippen LogP contribution in [0.2, 0.25) is 5.02 Å². The summed E-state index contributed by atoms with van der Waals surface area (Å²) in [6, 6.07) is 5.15. The number of hydrogen-bond donors (Lipinski definition) is 3. The van der Waals surface area contributed by atoms with Crippen molar-refractivity contribution in [3.63, 3.8) is 0 Å². The zero-order valence-electron chi connectivity index (χ0n) is 23.4. The van der Waals surface area contributed by atoms with E-state index >= 15 is 0 Å². The van der Waals surface area contributed by atoms with Crippen LogP contribution in [0.4, 0.5) is 16.4 Å². The van der Waals surface area contributed by atoms with Gasteiger partial charge in [-0.15, -0.1) is 0 Å². The third-order valence-corrected chi connectivity index (χ3v) is 6.30. The Labute approximate surface area is 241 Å². The molecule has 4 heterocycles. The minimum atomic E-state index is -1.22. The Morgan fingerprint density at radius 2 is 1.78 bits per heavy atom. The van der Waals surface area contributed by atoms with Gasteiger partial charge < -0.3 is 15.7 Å². The molecule has 3 N–H and O–H groups in total.